The third kappa shape index (κ3) is 6.47. The van der Waals surface area contributed by atoms with Crippen LogP contribution in [0.4, 0.5) is 5.69 Å². The summed E-state index contributed by atoms with van der Waals surface area (Å²) in [6, 6.07) is 27.3. The maximum absolute atomic E-state index is 14.2. The molecule has 1 fully saturated rings. The number of hydrogen-bond acceptors (Lipinski definition) is 5. The van der Waals surface area contributed by atoms with E-state index in [1.54, 1.807) is 0 Å². The molecule has 2 unspecified atom stereocenters. The average molecular weight is 514 g/mol. The molecule has 0 aromatic heterocycles. The predicted molar refractivity (Wildman–Crippen MR) is 148 cm³/mol. The highest BCUT2D eigenvalue weighted by Crippen LogP contribution is 2.39. The monoisotopic (exact) mass is 513 g/mol. The van der Waals surface area contributed by atoms with E-state index in [1.165, 1.54) is 0 Å². The number of hydrogen-bond donors (Lipinski definition) is 2. The van der Waals surface area contributed by atoms with Crippen LogP contribution in [-0.4, -0.2) is 51.5 Å². The maximum atomic E-state index is 14.2. The molecule has 2 N–H and O–H groups in total. The van der Waals surface area contributed by atoms with Crippen LogP contribution in [0, 0.1) is 5.92 Å². The Hall–Kier alpha value is -3.97. The Bertz CT molecular complexity index is 1160. The summed E-state index contributed by atoms with van der Waals surface area (Å²) in [7, 11) is 0. The molecule has 0 aliphatic carbocycles. The first-order valence-electron chi connectivity index (χ1n) is 13.1. The first-order valence-corrected chi connectivity index (χ1v) is 13.1. The van der Waals surface area contributed by atoms with Crippen LogP contribution in [0.25, 0.3) is 0 Å². The van der Waals surface area contributed by atoms with E-state index in [0.29, 0.717) is 57.4 Å². The Labute approximate surface area is 224 Å². The zero-order chi connectivity index (χ0) is 26.6. The Morgan fingerprint density at radius 2 is 1.55 bits per heavy atom. The first-order chi connectivity index (χ1) is 18.7. The molecule has 3 aromatic carbocycles. The number of nitrogens with zero attached hydrogens (tertiary/aromatic N) is 1. The average Bonchev–Trinajstić information content (AvgIpc) is 2.99. The summed E-state index contributed by atoms with van der Waals surface area (Å²) in [6.45, 7) is 3.45. The largest absolute Gasteiger partial charge is 0.378 e. The first kappa shape index (κ1) is 27.1. The van der Waals surface area contributed by atoms with Crippen LogP contribution in [0.5, 0.6) is 0 Å². The van der Waals surface area contributed by atoms with Crippen molar-refractivity contribution in [2.24, 2.45) is 5.92 Å². The highest BCUT2D eigenvalue weighted by Gasteiger charge is 2.44. The SMILES string of the molecule is O=CNCCCC(NC=O)(c1ccc(N2CCOCC2)cc1)C(Cc1ccccc1)C(=O)c1ccccc1. The molecule has 0 saturated carbocycles. The fraction of sp³-hybridized carbons (Fsp3) is 0.323. The second kappa shape index (κ2) is 13.5. The van der Waals surface area contributed by atoms with Gasteiger partial charge in [0, 0.05) is 30.9 Å². The lowest BCUT2D eigenvalue weighted by atomic mass is 9.69. The molecule has 0 bridgehead atoms. The predicted octanol–water partition coefficient (Wildman–Crippen LogP) is 3.73. The molecule has 38 heavy (non-hydrogen) atoms. The van der Waals surface area contributed by atoms with Crippen molar-refractivity contribution in [1.82, 2.24) is 10.6 Å². The van der Waals surface area contributed by atoms with Crippen molar-refractivity contribution in [3.05, 3.63) is 102 Å². The second-order valence-corrected chi connectivity index (χ2v) is 9.53. The number of amides is 2. The zero-order valence-electron chi connectivity index (χ0n) is 21.6. The Balaban J connectivity index is 1.79. The molecule has 3 aromatic rings. The molecular weight excluding hydrogens is 478 g/mol. The fourth-order valence-corrected chi connectivity index (χ4v) is 5.34. The minimum Gasteiger partial charge on any atom is -0.378 e. The molecule has 1 aliphatic heterocycles. The van der Waals surface area contributed by atoms with Crippen LogP contribution < -0.4 is 15.5 Å². The number of nitrogens with one attached hydrogen (secondary N) is 2. The second-order valence-electron chi connectivity index (χ2n) is 9.53. The standard InChI is InChI=1S/C31H35N3O4/c35-23-32-17-7-16-31(33-24-36,27-12-14-28(15-13-27)34-18-20-38-21-19-34)29(22-25-8-3-1-4-9-25)30(37)26-10-5-2-6-11-26/h1-6,8-15,23-24,29H,7,16-22H2,(H,32,35)(H,33,36). The minimum absolute atomic E-state index is 0.0376. The van der Waals surface area contributed by atoms with Gasteiger partial charge in [-0.15, -0.1) is 0 Å². The summed E-state index contributed by atoms with van der Waals surface area (Å²) < 4.78 is 5.49. The van der Waals surface area contributed by atoms with Gasteiger partial charge in [-0.05, 0) is 42.5 Å². The summed E-state index contributed by atoms with van der Waals surface area (Å²) in [6.07, 6.45) is 2.86. The van der Waals surface area contributed by atoms with Gasteiger partial charge < -0.3 is 20.3 Å². The third-order valence-electron chi connectivity index (χ3n) is 7.30. The highest BCUT2D eigenvalue weighted by atomic mass is 16.5. The molecule has 4 rings (SSSR count). The van der Waals surface area contributed by atoms with Crippen molar-refractivity contribution in [2.75, 3.05) is 37.7 Å². The van der Waals surface area contributed by atoms with Gasteiger partial charge in [-0.2, -0.15) is 0 Å². The van der Waals surface area contributed by atoms with Crippen LogP contribution in [0.15, 0.2) is 84.9 Å². The van der Waals surface area contributed by atoms with Crippen LogP contribution in [0.3, 0.4) is 0 Å². The number of morpholine rings is 1. The van der Waals surface area contributed by atoms with Gasteiger partial charge in [0.2, 0.25) is 12.8 Å². The number of rotatable bonds is 14. The van der Waals surface area contributed by atoms with Gasteiger partial charge in [-0.3, -0.25) is 14.4 Å². The van der Waals surface area contributed by atoms with E-state index in [1.807, 2.05) is 72.8 Å². The zero-order valence-corrected chi connectivity index (χ0v) is 21.6. The van der Waals surface area contributed by atoms with Gasteiger partial charge in [-0.1, -0.05) is 72.8 Å². The van der Waals surface area contributed by atoms with Crippen LogP contribution >= 0.6 is 0 Å². The van der Waals surface area contributed by atoms with Crippen LogP contribution in [0.1, 0.15) is 34.3 Å². The van der Waals surface area contributed by atoms with Crippen molar-refractivity contribution < 1.29 is 19.1 Å². The highest BCUT2D eigenvalue weighted by molar-refractivity contribution is 5.99. The normalized spacial score (nSPS) is 15.6. The molecule has 7 nitrogen and oxygen atoms in total. The van der Waals surface area contributed by atoms with Gasteiger partial charge in [0.25, 0.3) is 0 Å². The number of carbonyl (C=O) groups excluding carboxylic acids is 3. The van der Waals surface area contributed by atoms with Crippen molar-refractivity contribution >= 4 is 24.3 Å². The third-order valence-corrected chi connectivity index (χ3v) is 7.30. The van der Waals surface area contributed by atoms with E-state index in [2.05, 4.69) is 27.7 Å². The van der Waals surface area contributed by atoms with Crippen molar-refractivity contribution in [2.45, 2.75) is 24.8 Å². The number of ketones is 1. The maximum Gasteiger partial charge on any atom is 0.207 e. The number of ether oxygens (including phenoxy) is 1. The topological polar surface area (TPSA) is 87.7 Å². The van der Waals surface area contributed by atoms with Gasteiger partial charge in [0.15, 0.2) is 5.78 Å². The van der Waals surface area contributed by atoms with Gasteiger partial charge in [0.05, 0.1) is 24.7 Å². The van der Waals surface area contributed by atoms with E-state index in [-0.39, 0.29) is 5.78 Å². The van der Waals surface area contributed by atoms with E-state index in [4.69, 9.17) is 4.74 Å². The lowest BCUT2D eigenvalue weighted by Crippen LogP contribution is -2.52. The summed E-state index contributed by atoms with van der Waals surface area (Å²) >= 11 is 0. The van der Waals surface area contributed by atoms with E-state index >= 15 is 0 Å². The van der Waals surface area contributed by atoms with Crippen LogP contribution in [0.2, 0.25) is 0 Å². The van der Waals surface area contributed by atoms with Gasteiger partial charge in [-0.25, -0.2) is 0 Å². The van der Waals surface area contributed by atoms with Crippen molar-refractivity contribution in [3.63, 3.8) is 0 Å². The number of benzene rings is 3. The van der Waals surface area contributed by atoms with E-state index in [9.17, 15) is 14.4 Å². The smallest absolute Gasteiger partial charge is 0.207 e. The molecule has 2 amide bonds. The Morgan fingerprint density at radius 3 is 2.18 bits per heavy atom. The Kier molecular flexibility index (Phi) is 9.65. The van der Waals surface area contributed by atoms with Crippen molar-refractivity contribution in [1.29, 1.82) is 0 Å². The molecular formula is C31H35N3O4. The molecule has 0 radical (unpaired) electrons. The number of carbonyl (C=O) groups is 3. The fourth-order valence-electron chi connectivity index (χ4n) is 5.34. The van der Waals surface area contributed by atoms with Crippen LogP contribution in [-0.2, 0) is 26.3 Å². The van der Waals surface area contributed by atoms with E-state index in [0.717, 1.165) is 29.9 Å². The minimum atomic E-state index is -0.987. The summed E-state index contributed by atoms with van der Waals surface area (Å²) in [4.78, 5) is 39.6. The Morgan fingerprint density at radius 1 is 0.895 bits per heavy atom. The van der Waals surface area contributed by atoms with E-state index < -0.39 is 11.5 Å². The lowest BCUT2D eigenvalue weighted by Gasteiger charge is -2.41. The van der Waals surface area contributed by atoms with Gasteiger partial charge in [0.1, 0.15) is 0 Å². The molecule has 1 saturated heterocycles. The summed E-state index contributed by atoms with van der Waals surface area (Å²) in [5.41, 5.74) is 2.56. The summed E-state index contributed by atoms with van der Waals surface area (Å²) in [5, 5.41) is 5.82. The molecule has 1 aliphatic rings. The molecule has 198 valence electrons. The lowest BCUT2D eigenvalue weighted by molar-refractivity contribution is -0.112. The summed E-state index contributed by atoms with van der Waals surface area (Å²) in [5.74, 6) is -0.618. The number of Topliss-reactive ketones (excluding diaryl/α,β-unsaturated/α-hetero) is 1. The van der Waals surface area contributed by atoms with Gasteiger partial charge >= 0.3 is 0 Å². The molecule has 0 spiro atoms. The van der Waals surface area contributed by atoms with Crippen molar-refractivity contribution in [3.8, 4) is 0 Å². The number of anilines is 1. The quantitative estimate of drug-likeness (QED) is 0.195. The molecule has 1 heterocycles. The molecule has 2 atom stereocenters. The molecule has 7 heteroatoms.